The first kappa shape index (κ1) is 23.3. The molecule has 5 rings (SSSR count). The smallest absolute Gasteiger partial charge is 0.270 e. The third-order valence-electron chi connectivity index (χ3n) is 6.16. The van der Waals surface area contributed by atoms with Gasteiger partial charge in [-0.15, -0.1) is 0 Å². The Balaban J connectivity index is 1.27. The maximum atomic E-state index is 12.6. The molecule has 1 saturated heterocycles. The lowest BCUT2D eigenvalue weighted by Crippen LogP contribution is -2.36. The number of carbonyl (C=O) groups excluding carboxylic acids is 1. The van der Waals surface area contributed by atoms with E-state index in [1.165, 1.54) is 0 Å². The molecule has 2 aromatic heterocycles. The number of aromatic nitrogens is 3. The van der Waals surface area contributed by atoms with Gasteiger partial charge in [0.05, 0.1) is 11.0 Å². The van der Waals surface area contributed by atoms with E-state index in [0.29, 0.717) is 29.7 Å². The van der Waals surface area contributed by atoms with Crippen molar-refractivity contribution in [2.24, 2.45) is 13.0 Å². The number of aryl methyl sites for hydroxylation is 1. The van der Waals surface area contributed by atoms with E-state index < -0.39 is 0 Å². The third-order valence-corrected chi connectivity index (χ3v) is 6.69. The van der Waals surface area contributed by atoms with Crippen molar-refractivity contribution in [3.05, 3.63) is 71.0 Å². The first-order chi connectivity index (χ1) is 17.0. The molecule has 9 heteroatoms. The maximum absolute atomic E-state index is 12.6. The van der Waals surface area contributed by atoms with Gasteiger partial charge in [-0.25, -0.2) is 4.98 Å². The van der Waals surface area contributed by atoms with Crippen molar-refractivity contribution in [1.29, 1.82) is 0 Å². The Hall–Kier alpha value is -3.43. The molecule has 1 aliphatic rings. The number of hydrogen-bond donors (Lipinski definition) is 3. The Kier molecular flexibility index (Phi) is 6.96. The summed E-state index contributed by atoms with van der Waals surface area (Å²) >= 11 is 3.45. The average molecular weight is 535 g/mol. The number of rotatable bonds is 7. The fraction of sp³-hybridized carbons (Fsp3) is 0.269. The number of ether oxygens (including phenoxy) is 1. The highest BCUT2D eigenvalue weighted by atomic mass is 79.9. The molecule has 35 heavy (non-hydrogen) atoms. The van der Waals surface area contributed by atoms with Crippen LogP contribution in [0.1, 0.15) is 23.3 Å². The van der Waals surface area contributed by atoms with E-state index in [1.807, 2.05) is 54.1 Å². The lowest BCUT2D eigenvalue weighted by atomic mass is 9.98. The van der Waals surface area contributed by atoms with Gasteiger partial charge in [0.15, 0.2) is 0 Å². The van der Waals surface area contributed by atoms with E-state index in [2.05, 4.69) is 36.9 Å². The number of amides is 1. The van der Waals surface area contributed by atoms with Crippen LogP contribution in [0.5, 0.6) is 11.5 Å². The van der Waals surface area contributed by atoms with Crippen molar-refractivity contribution in [3.8, 4) is 11.5 Å². The summed E-state index contributed by atoms with van der Waals surface area (Å²) in [6.07, 6.45) is 3.74. The number of nitrogens with zero attached hydrogens (tertiary/aromatic N) is 3. The summed E-state index contributed by atoms with van der Waals surface area (Å²) in [6.45, 7) is 2.68. The van der Waals surface area contributed by atoms with Crippen LogP contribution < -0.4 is 20.7 Å². The van der Waals surface area contributed by atoms with E-state index in [1.54, 1.807) is 18.3 Å². The van der Waals surface area contributed by atoms with Crippen LogP contribution >= 0.6 is 15.9 Å². The number of anilines is 2. The van der Waals surface area contributed by atoms with Gasteiger partial charge >= 0.3 is 0 Å². The first-order valence-electron chi connectivity index (χ1n) is 11.7. The number of carbonyl (C=O) groups is 1. The summed E-state index contributed by atoms with van der Waals surface area (Å²) in [7, 11) is 1.97. The molecule has 0 atom stereocenters. The molecular formula is C26H27BrN6O2. The van der Waals surface area contributed by atoms with Crippen LogP contribution in [0, 0.1) is 5.92 Å². The minimum Gasteiger partial charge on any atom is -0.457 e. The predicted octanol–water partition coefficient (Wildman–Crippen LogP) is 5.00. The standard InChI is InChI=1S/C26H27BrN6O2/c1-33-24-7-6-20(14-22(24)32-26(33)31-19-4-2-18(27)3-5-19)35-21-10-13-29-23(15-21)25(34)30-16-17-8-11-28-12-9-17/h2-7,10,13-15,17,28H,8-9,11-12,16H2,1H3,(H,30,34)(H,31,32). The van der Waals surface area contributed by atoms with Crippen LogP contribution in [0.4, 0.5) is 11.6 Å². The van der Waals surface area contributed by atoms with E-state index in [-0.39, 0.29) is 5.91 Å². The van der Waals surface area contributed by atoms with Crippen molar-refractivity contribution in [1.82, 2.24) is 25.2 Å². The third kappa shape index (κ3) is 5.63. The number of nitrogens with one attached hydrogen (secondary N) is 3. The van der Waals surface area contributed by atoms with Gasteiger partial charge in [-0.05, 0) is 74.3 Å². The van der Waals surface area contributed by atoms with Crippen molar-refractivity contribution >= 4 is 44.5 Å². The Morgan fingerprint density at radius 1 is 1.11 bits per heavy atom. The van der Waals surface area contributed by atoms with Crippen LogP contribution in [0.2, 0.25) is 0 Å². The minimum atomic E-state index is -0.183. The van der Waals surface area contributed by atoms with E-state index in [9.17, 15) is 4.79 Å². The number of imidazole rings is 1. The van der Waals surface area contributed by atoms with Crippen molar-refractivity contribution in [3.63, 3.8) is 0 Å². The molecule has 1 aliphatic heterocycles. The van der Waals surface area contributed by atoms with Crippen molar-refractivity contribution in [2.75, 3.05) is 25.0 Å². The SMILES string of the molecule is Cn1c(Nc2ccc(Br)cc2)nc2cc(Oc3ccnc(C(=O)NCC4CCNCC4)c3)ccc21. The Bertz CT molecular complexity index is 1330. The molecule has 180 valence electrons. The molecule has 1 fully saturated rings. The molecule has 0 bridgehead atoms. The topological polar surface area (TPSA) is 93.1 Å². The number of piperidine rings is 1. The quantitative estimate of drug-likeness (QED) is 0.309. The zero-order valence-corrected chi connectivity index (χ0v) is 21.0. The number of pyridine rings is 1. The van der Waals surface area contributed by atoms with Gasteiger partial charge < -0.3 is 25.3 Å². The van der Waals surface area contributed by atoms with E-state index in [4.69, 9.17) is 9.72 Å². The minimum absolute atomic E-state index is 0.183. The monoisotopic (exact) mass is 534 g/mol. The van der Waals surface area contributed by atoms with Crippen LogP contribution in [0.3, 0.4) is 0 Å². The maximum Gasteiger partial charge on any atom is 0.270 e. The zero-order chi connectivity index (χ0) is 24.2. The number of halogens is 1. The molecule has 1 amide bonds. The van der Waals surface area contributed by atoms with Crippen LogP contribution in [0.15, 0.2) is 65.3 Å². The number of fused-ring (bicyclic) bond motifs is 1. The predicted molar refractivity (Wildman–Crippen MR) is 140 cm³/mol. The van der Waals surface area contributed by atoms with E-state index in [0.717, 1.165) is 53.1 Å². The average Bonchev–Trinajstić information content (AvgIpc) is 3.19. The molecule has 2 aromatic carbocycles. The molecule has 0 spiro atoms. The molecule has 3 heterocycles. The lowest BCUT2D eigenvalue weighted by molar-refractivity contribution is 0.0939. The second-order valence-corrected chi connectivity index (χ2v) is 9.57. The normalized spacial score (nSPS) is 14.1. The fourth-order valence-electron chi connectivity index (χ4n) is 4.17. The number of benzene rings is 2. The largest absolute Gasteiger partial charge is 0.457 e. The second-order valence-electron chi connectivity index (χ2n) is 8.66. The van der Waals surface area contributed by atoms with E-state index >= 15 is 0 Å². The van der Waals surface area contributed by atoms with Gasteiger partial charge in [0.2, 0.25) is 5.95 Å². The fourth-order valence-corrected chi connectivity index (χ4v) is 4.43. The summed E-state index contributed by atoms with van der Waals surface area (Å²) in [5.41, 5.74) is 3.07. The molecule has 3 N–H and O–H groups in total. The molecule has 8 nitrogen and oxygen atoms in total. The highest BCUT2D eigenvalue weighted by Crippen LogP contribution is 2.28. The summed E-state index contributed by atoms with van der Waals surface area (Å²) in [4.78, 5) is 21.6. The zero-order valence-electron chi connectivity index (χ0n) is 19.4. The van der Waals surface area contributed by atoms with Gasteiger partial charge in [0, 0.05) is 42.1 Å². The van der Waals surface area contributed by atoms with Gasteiger partial charge in [-0.1, -0.05) is 15.9 Å². The van der Waals surface area contributed by atoms with Gasteiger partial charge in [-0.2, -0.15) is 0 Å². The Morgan fingerprint density at radius 3 is 2.69 bits per heavy atom. The number of hydrogen-bond acceptors (Lipinski definition) is 6. The van der Waals surface area contributed by atoms with Crippen LogP contribution in [-0.4, -0.2) is 40.1 Å². The van der Waals surface area contributed by atoms with Gasteiger partial charge in [0.25, 0.3) is 5.91 Å². The second kappa shape index (κ2) is 10.5. The summed E-state index contributed by atoms with van der Waals surface area (Å²) in [6, 6.07) is 17.1. The van der Waals surface area contributed by atoms with Crippen LogP contribution in [0.25, 0.3) is 11.0 Å². The Morgan fingerprint density at radius 2 is 1.89 bits per heavy atom. The molecule has 4 aromatic rings. The lowest BCUT2D eigenvalue weighted by Gasteiger charge is -2.22. The summed E-state index contributed by atoms with van der Waals surface area (Å²) < 4.78 is 9.07. The molecule has 0 saturated carbocycles. The van der Waals surface area contributed by atoms with Gasteiger partial charge in [-0.3, -0.25) is 9.78 Å². The molecule has 0 aliphatic carbocycles. The highest BCUT2D eigenvalue weighted by molar-refractivity contribution is 9.10. The Labute approximate surface area is 212 Å². The molecular weight excluding hydrogens is 508 g/mol. The van der Waals surface area contributed by atoms with Crippen molar-refractivity contribution in [2.45, 2.75) is 12.8 Å². The first-order valence-corrected chi connectivity index (χ1v) is 12.5. The highest BCUT2D eigenvalue weighted by Gasteiger charge is 2.16. The van der Waals surface area contributed by atoms with Gasteiger partial charge in [0.1, 0.15) is 17.2 Å². The molecule has 0 unspecified atom stereocenters. The van der Waals surface area contributed by atoms with Crippen LogP contribution in [-0.2, 0) is 7.05 Å². The summed E-state index contributed by atoms with van der Waals surface area (Å²) in [5, 5.41) is 9.70. The summed E-state index contributed by atoms with van der Waals surface area (Å²) in [5.74, 6) is 2.25. The van der Waals surface area contributed by atoms with Crippen molar-refractivity contribution < 1.29 is 9.53 Å². The molecule has 0 radical (unpaired) electrons.